The lowest BCUT2D eigenvalue weighted by Crippen LogP contribution is -2.37. The van der Waals surface area contributed by atoms with Crippen molar-refractivity contribution in [2.45, 2.75) is 19.0 Å². The highest BCUT2D eigenvalue weighted by molar-refractivity contribution is 6.30. The molecular weight excluding hydrogens is 390 g/mol. The zero-order valence-electron chi connectivity index (χ0n) is 16.1. The van der Waals surface area contributed by atoms with E-state index < -0.39 is 0 Å². The summed E-state index contributed by atoms with van der Waals surface area (Å²) in [7, 11) is 1.64. The Labute approximate surface area is 174 Å². The van der Waals surface area contributed by atoms with Crippen molar-refractivity contribution in [1.29, 1.82) is 0 Å². The topological polar surface area (TPSA) is 72.3 Å². The summed E-state index contributed by atoms with van der Waals surface area (Å²) >= 11 is 6.14. The highest BCUT2D eigenvalue weighted by Gasteiger charge is 2.27. The number of halogens is 1. The van der Waals surface area contributed by atoms with Gasteiger partial charge in [-0.2, -0.15) is 0 Å². The monoisotopic (exact) mass is 411 g/mol. The predicted molar refractivity (Wildman–Crippen MR) is 112 cm³/mol. The van der Waals surface area contributed by atoms with E-state index in [2.05, 4.69) is 20.5 Å². The molecule has 1 amide bonds. The lowest BCUT2D eigenvalue weighted by molar-refractivity contribution is 0.0935. The van der Waals surface area contributed by atoms with E-state index >= 15 is 0 Å². The summed E-state index contributed by atoms with van der Waals surface area (Å²) < 4.78 is 7.11. The Morgan fingerprint density at radius 1 is 1.28 bits per heavy atom. The molecule has 29 heavy (non-hydrogen) atoms. The molecule has 1 unspecified atom stereocenters. The maximum absolute atomic E-state index is 12.6. The molecule has 0 aliphatic carbocycles. The first-order chi connectivity index (χ1) is 14.1. The number of amides is 1. The summed E-state index contributed by atoms with van der Waals surface area (Å²) in [5, 5.41) is 11.8. The minimum absolute atomic E-state index is 0.0189. The highest BCUT2D eigenvalue weighted by atomic mass is 35.5. The van der Waals surface area contributed by atoms with Gasteiger partial charge in [0.05, 0.1) is 25.5 Å². The first-order valence-electron chi connectivity index (χ1n) is 9.46. The number of anilines is 1. The number of carbonyl (C=O) groups is 1. The van der Waals surface area contributed by atoms with Crippen LogP contribution in [-0.4, -0.2) is 47.1 Å². The van der Waals surface area contributed by atoms with Crippen LogP contribution in [-0.2, 0) is 6.54 Å². The summed E-state index contributed by atoms with van der Waals surface area (Å²) in [6.07, 6.45) is 2.51. The van der Waals surface area contributed by atoms with Crippen LogP contribution in [0.4, 0.5) is 5.69 Å². The Morgan fingerprint density at radius 2 is 2.10 bits per heavy atom. The Bertz CT molecular complexity index is 992. The van der Waals surface area contributed by atoms with Crippen molar-refractivity contribution in [1.82, 2.24) is 20.3 Å². The second-order valence-corrected chi connectivity index (χ2v) is 7.44. The van der Waals surface area contributed by atoms with Crippen molar-refractivity contribution in [2.75, 3.05) is 25.1 Å². The van der Waals surface area contributed by atoms with Crippen LogP contribution >= 0.6 is 11.6 Å². The molecule has 1 aromatic heterocycles. The van der Waals surface area contributed by atoms with Gasteiger partial charge in [0.25, 0.3) is 5.91 Å². The van der Waals surface area contributed by atoms with E-state index in [0.717, 1.165) is 30.0 Å². The molecule has 1 atom stereocenters. The van der Waals surface area contributed by atoms with Gasteiger partial charge in [0, 0.05) is 24.2 Å². The van der Waals surface area contributed by atoms with Gasteiger partial charge in [-0.3, -0.25) is 4.79 Å². The number of ether oxygens (including phenoxy) is 1. The van der Waals surface area contributed by atoms with E-state index in [-0.39, 0.29) is 11.9 Å². The van der Waals surface area contributed by atoms with E-state index in [9.17, 15) is 4.79 Å². The molecule has 1 aliphatic heterocycles. The number of nitrogens with one attached hydrogen (secondary N) is 1. The van der Waals surface area contributed by atoms with Gasteiger partial charge in [-0.15, -0.1) is 5.10 Å². The fraction of sp³-hybridized carbons (Fsp3) is 0.286. The number of methoxy groups -OCH3 is 1. The van der Waals surface area contributed by atoms with E-state index in [1.54, 1.807) is 24.1 Å². The van der Waals surface area contributed by atoms with Gasteiger partial charge in [-0.1, -0.05) is 47.1 Å². The maximum atomic E-state index is 12.6. The van der Waals surface area contributed by atoms with Crippen LogP contribution in [0.2, 0.25) is 5.02 Å². The Balaban J connectivity index is 1.37. The molecule has 8 heteroatoms. The summed E-state index contributed by atoms with van der Waals surface area (Å²) in [5.74, 6) is 0.555. The van der Waals surface area contributed by atoms with Crippen molar-refractivity contribution in [3.63, 3.8) is 0 Å². The van der Waals surface area contributed by atoms with Crippen LogP contribution in [0.5, 0.6) is 5.75 Å². The third kappa shape index (κ3) is 4.51. The average molecular weight is 412 g/mol. The zero-order chi connectivity index (χ0) is 20.2. The summed E-state index contributed by atoms with van der Waals surface area (Å²) in [6.45, 7) is 2.07. The van der Waals surface area contributed by atoms with Crippen LogP contribution in [0, 0.1) is 0 Å². The maximum Gasteiger partial charge on any atom is 0.273 e. The number of benzene rings is 2. The molecule has 1 N–H and O–H groups in total. The standard InChI is InChI=1S/C21H22ClN5O2/c1-29-20-8-7-16(22)11-19(20)26-10-9-17(13-26)23-21(28)18-14-27(25-24-18)12-15-5-3-2-4-6-15/h2-8,11,14,17H,9-10,12-13H2,1H3,(H,23,28). The molecule has 0 bridgehead atoms. The molecule has 1 saturated heterocycles. The van der Waals surface area contributed by atoms with Gasteiger partial charge in [0.2, 0.25) is 0 Å². The largest absolute Gasteiger partial charge is 0.495 e. The minimum atomic E-state index is -0.214. The van der Waals surface area contributed by atoms with Crippen LogP contribution in [0.3, 0.4) is 0 Å². The Hall–Kier alpha value is -3.06. The second-order valence-electron chi connectivity index (χ2n) is 7.01. The van der Waals surface area contributed by atoms with E-state index in [4.69, 9.17) is 16.3 Å². The molecule has 1 aliphatic rings. The van der Waals surface area contributed by atoms with Crippen molar-refractivity contribution < 1.29 is 9.53 Å². The summed E-state index contributed by atoms with van der Waals surface area (Å²) in [5.41, 5.74) is 2.36. The summed E-state index contributed by atoms with van der Waals surface area (Å²) in [4.78, 5) is 14.8. The van der Waals surface area contributed by atoms with Crippen molar-refractivity contribution in [2.24, 2.45) is 0 Å². The number of rotatable bonds is 6. The molecule has 7 nitrogen and oxygen atoms in total. The number of hydrogen-bond donors (Lipinski definition) is 1. The summed E-state index contributed by atoms with van der Waals surface area (Å²) in [6, 6.07) is 15.5. The molecule has 0 saturated carbocycles. The molecule has 2 aromatic carbocycles. The van der Waals surface area contributed by atoms with E-state index in [1.807, 2.05) is 42.5 Å². The molecule has 1 fully saturated rings. The number of hydrogen-bond acceptors (Lipinski definition) is 5. The van der Waals surface area contributed by atoms with Crippen molar-refractivity contribution >= 4 is 23.2 Å². The predicted octanol–water partition coefficient (Wildman–Crippen LogP) is 3.00. The van der Waals surface area contributed by atoms with Crippen molar-refractivity contribution in [3.05, 3.63) is 71.0 Å². The fourth-order valence-corrected chi connectivity index (χ4v) is 3.68. The highest BCUT2D eigenvalue weighted by Crippen LogP contribution is 2.33. The lowest BCUT2D eigenvalue weighted by Gasteiger charge is -2.21. The first kappa shape index (κ1) is 19.3. The van der Waals surface area contributed by atoms with Gasteiger partial charge in [-0.05, 0) is 30.2 Å². The SMILES string of the molecule is COc1ccc(Cl)cc1N1CCC(NC(=O)c2cn(Cc3ccccc3)nn2)C1. The van der Waals surface area contributed by atoms with E-state index in [0.29, 0.717) is 23.8 Å². The Morgan fingerprint density at radius 3 is 2.90 bits per heavy atom. The molecule has 2 heterocycles. The minimum Gasteiger partial charge on any atom is -0.495 e. The molecule has 4 rings (SSSR count). The molecule has 0 spiro atoms. The third-order valence-electron chi connectivity index (χ3n) is 4.96. The average Bonchev–Trinajstić information content (AvgIpc) is 3.38. The van der Waals surface area contributed by atoms with Crippen LogP contribution in [0.25, 0.3) is 0 Å². The van der Waals surface area contributed by atoms with Crippen LogP contribution < -0.4 is 15.0 Å². The fourth-order valence-electron chi connectivity index (χ4n) is 3.52. The first-order valence-corrected chi connectivity index (χ1v) is 9.83. The van der Waals surface area contributed by atoms with Gasteiger partial charge in [0.1, 0.15) is 5.75 Å². The normalized spacial score (nSPS) is 16.1. The number of aromatic nitrogens is 3. The van der Waals surface area contributed by atoms with Gasteiger partial charge in [-0.25, -0.2) is 4.68 Å². The second kappa shape index (κ2) is 8.53. The molecular formula is C21H22ClN5O2. The Kier molecular flexibility index (Phi) is 5.67. The molecule has 150 valence electrons. The molecule has 0 radical (unpaired) electrons. The van der Waals surface area contributed by atoms with Crippen LogP contribution in [0.15, 0.2) is 54.7 Å². The quantitative estimate of drug-likeness (QED) is 0.675. The number of nitrogens with zero attached hydrogens (tertiary/aromatic N) is 4. The lowest BCUT2D eigenvalue weighted by atomic mass is 10.2. The number of carbonyl (C=O) groups excluding carboxylic acids is 1. The molecule has 3 aromatic rings. The van der Waals surface area contributed by atoms with E-state index in [1.165, 1.54) is 0 Å². The van der Waals surface area contributed by atoms with Gasteiger partial charge >= 0.3 is 0 Å². The van der Waals surface area contributed by atoms with Crippen molar-refractivity contribution in [3.8, 4) is 5.75 Å². The van der Waals surface area contributed by atoms with Gasteiger partial charge in [0.15, 0.2) is 5.69 Å². The van der Waals surface area contributed by atoms with Gasteiger partial charge < -0.3 is 15.0 Å². The third-order valence-corrected chi connectivity index (χ3v) is 5.20. The van der Waals surface area contributed by atoms with Crippen LogP contribution in [0.1, 0.15) is 22.5 Å². The smallest absolute Gasteiger partial charge is 0.273 e. The zero-order valence-corrected chi connectivity index (χ0v) is 16.8.